The number of hydrogen-bond donors (Lipinski definition) is 2. The van der Waals surface area contributed by atoms with E-state index in [1.807, 2.05) is 54.6 Å². The number of aromatic nitrogens is 4. The fourth-order valence-corrected chi connectivity index (χ4v) is 2.65. The SMILES string of the molecule is COc1ccc(CNc2nc3nc(-c4ccccc4)cc(=O)n3[nH]2)cc1. The number of H-pyrrole nitrogens is 1. The molecule has 0 bridgehead atoms. The number of aromatic amines is 1. The molecule has 0 atom stereocenters. The highest BCUT2D eigenvalue weighted by atomic mass is 16.5. The lowest BCUT2D eigenvalue weighted by Gasteiger charge is -2.04. The zero-order valence-corrected chi connectivity index (χ0v) is 14.1. The molecule has 0 aliphatic rings. The third kappa shape index (κ3) is 3.14. The van der Waals surface area contributed by atoms with Gasteiger partial charge in [0.05, 0.1) is 12.8 Å². The average molecular weight is 347 g/mol. The third-order valence-electron chi connectivity index (χ3n) is 4.02. The van der Waals surface area contributed by atoms with Crippen LogP contribution >= 0.6 is 0 Å². The van der Waals surface area contributed by atoms with Crippen LogP contribution in [-0.2, 0) is 6.54 Å². The van der Waals surface area contributed by atoms with Gasteiger partial charge in [0.15, 0.2) is 0 Å². The average Bonchev–Trinajstić information content (AvgIpc) is 3.11. The monoisotopic (exact) mass is 347 g/mol. The lowest BCUT2D eigenvalue weighted by Crippen LogP contribution is -2.14. The third-order valence-corrected chi connectivity index (χ3v) is 4.02. The summed E-state index contributed by atoms with van der Waals surface area (Å²) in [5.41, 5.74) is 2.34. The molecule has 130 valence electrons. The minimum absolute atomic E-state index is 0.209. The summed E-state index contributed by atoms with van der Waals surface area (Å²) in [6.45, 7) is 0.560. The molecule has 2 aromatic carbocycles. The first-order valence-corrected chi connectivity index (χ1v) is 8.15. The number of nitrogens with zero attached hydrogens (tertiary/aromatic N) is 3. The van der Waals surface area contributed by atoms with Gasteiger partial charge in [0.2, 0.25) is 5.95 Å². The maximum absolute atomic E-state index is 12.3. The Hall–Kier alpha value is -3.61. The van der Waals surface area contributed by atoms with Crippen LogP contribution in [0.3, 0.4) is 0 Å². The molecule has 7 nitrogen and oxygen atoms in total. The molecule has 2 N–H and O–H groups in total. The van der Waals surface area contributed by atoms with E-state index in [-0.39, 0.29) is 5.56 Å². The van der Waals surface area contributed by atoms with Crippen molar-refractivity contribution in [3.05, 3.63) is 76.6 Å². The van der Waals surface area contributed by atoms with Crippen LogP contribution in [-0.4, -0.2) is 26.7 Å². The molecular formula is C19H17N5O2. The fourth-order valence-electron chi connectivity index (χ4n) is 2.65. The van der Waals surface area contributed by atoms with E-state index in [0.29, 0.717) is 24.0 Å². The molecule has 0 saturated carbocycles. The summed E-state index contributed by atoms with van der Waals surface area (Å²) in [6.07, 6.45) is 0. The lowest BCUT2D eigenvalue weighted by atomic mass is 10.1. The van der Waals surface area contributed by atoms with Crippen molar-refractivity contribution in [3.8, 4) is 17.0 Å². The Labute approximate surface area is 149 Å². The minimum atomic E-state index is -0.209. The summed E-state index contributed by atoms with van der Waals surface area (Å²) >= 11 is 0. The molecule has 0 saturated heterocycles. The molecule has 0 unspecified atom stereocenters. The number of anilines is 1. The standard InChI is InChI=1S/C19H17N5O2/c1-26-15-9-7-13(8-10-15)12-20-18-22-19-21-16(11-17(25)24(19)23-18)14-5-3-2-4-6-14/h2-11H,12H2,1H3,(H2,20,21,22,23). The normalized spacial score (nSPS) is 10.8. The Morgan fingerprint density at radius 3 is 2.58 bits per heavy atom. The van der Waals surface area contributed by atoms with Crippen LogP contribution in [0.25, 0.3) is 17.0 Å². The van der Waals surface area contributed by atoms with Crippen LogP contribution < -0.4 is 15.6 Å². The molecule has 0 amide bonds. The van der Waals surface area contributed by atoms with E-state index in [2.05, 4.69) is 20.4 Å². The first-order chi connectivity index (χ1) is 12.7. The largest absolute Gasteiger partial charge is 0.497 e. The van der Waals surface area contributed by atoms with Crippen molar-refractivity contribution in [2.24, 2.45) is 0 Å². The highest BCUT2D eigenvalue weighted by Gasteiger charge is 2.09. The summed E-state index contributed by atoms with van der Waals surface area (Å²) < 4.78 is 6.47. The van der Waals surface area contributed by atoms with E-state index < -0.39 is 0 Å². The van der Waals surface area contributed by atoms with Crippen LogP contribution in [0.4, 0.5) is 5.95 Å². The number of methoxy groups -OCH3 is 1. The maximum Gasteiger partial charge on any atom is 0.274 e. The van der Waals surface area contributed by atoms with Crippen LogP contribution in [0.2, 0.25) is 0 Å². The Bertz CT molecular complexity index is 1080. The van der Waals surface area contributed by atoms with Crippen molar-refractivity contribution in [2.45, 2.75) is 6.54 Å². The summed E-state index contributed by atoms with van der Waals surface area (Å²) in [5.74, 6) is 1.62. The molecule has 0 radical (unpaired) electrons. The van der Waals surface area contributed by atoms with E-state index in [4.69, 9.17) is 4.74 Å². The molecule has 4 aromatic rings. The number of hydrogen-bond acceptors (Lipinski definition) is 5. The summed E-state index contributed by atoms with van der Waals surface area (Å²) in [7, 11) is 1.64. The van der Waals surface area contributed by atoms with Gasteiger partial charge >= 0.3 is 0 Å². The second-order valence-electron chi connectivity index (χ2n) is 5.75. The smallest absolute Gasteiger partial charge is 0.274 e. The van der Waals surface area contributed by atoms with E-state index in [0.717, 1.165) is 16.9 Å². The Kier molecular flexibility index (Phi) is 4.10. The summed E-state index contributed by atoms with van der Waals surface area (Å²) in [5, 5.41) is 6.10. The van der Waals surface area contributed by atoms with Crippen molar-refractivity contribution < 1.29 is 4.74 Å². The van der Waals surface area contributed by atoms with Crippen LogP contribution in [0.15, 0.2) is 65.5 Å². The molecule has 4 rings (SSSR count). The minimum Gasteiger partial charge on any atom is -0.497 e. The number of nitrogens with one attached hydrogen (secondary N) is 2. The van der Waals surface area contributed by atoms with Gasteiger partial charge in [-0.2, -0.15) is 9.50 Å². The van der Waals surface area contributed by atoms with Crippen molar-refractivity contribution in [2.75, 3.05) is 12.4 Å². The van der Waals surface area contributed by atoms with Gasteiger partial charge in [-0.3, -0.25) is 9.89 Å². The summed E-state index contributed by atoms with van der Waals surface area (Å²) in [6, 6.07) is 18.8. The highest BCUT2D eigenvalue weighted by molar-refractivity contribution is 5.60. The Balaban J connectivity index is 1.59. The maximum atomic E-state index is 12.3. The predicted molar refractivity (Wildman–Crippen MR) is 99.4 cm³/mol. The Morgan fingerprint density at radius 2 is 1.85 bits per heavy atom. The molecule has 0 aliphatic heterocycles. The predicted octanol–water partition coefficient (Wildman–Crippen LogP) is 2.71. The van der Waals surface area contributed by atoms with Gasteiger partial charge in [0.1, 0.15) is 5.75 Å². The van der Waals surface area contributed by atoms with Gasteiger partial charge in [-0.25, -0.2) is 4.98 Å². The van der Waals surface area contributed by atoms with Crippen molar-refractivity contribution in [1.29, 1.82) is 0 Å². The van der Waals surface area contributed by atoms with Crippen LogP contribution in [0.1, 0.15) is 5.56 Å². The van der Waals surface area contributed by atoms with Gasteiger partial charge in [-0.15, -0.1) is 0 Å². The van der Waals surface area contributed by atoms with Gasteiger partial charge < -0.3 is 10.1 Å². The van der Waals surface area contributed by atoms with Gasteiger partial charge in [0, 0.05) is 18.2 Å². The molecule has 0 fully saturated rings. The second kappa shape index (κ2) is 6.72. The topological polar surface area (TPSA) is 84.3 Å². The lowest BCUT2D eigenvalue weighted by molar-refractivity contribution is 0.414. The van der Waals surface area contributed by atoms with Gasteiger partial charge in [-0.1, -0.05) is 42.5 Å². The molecule has 2 heterocycles. The second-order valence-corrected chi connectivity index (χ2v) is 5.75. The van der Waals surface area contributed by atoms with E-state index in [1.165, 1.54) is 10.6 Å². The van der Waals surface area contributed by atoms with E-state index in [1.54, 1.807) is 7.11 Å². The van der Waals surface area contributed by atoms with Gasteiger partial charge in [0.25, 0.3) is 11.3 Å². The molecule has 0 spiro atoms. The van der Waals surface area contributed by atoms with E-state index in [9.17, 15) is 4.79 Å². The van der Waals surface area contributed by atoms with Crippen molar-refractivity contribution in [3.63, 3.8) is 0 Å². The van der Waals surface area contributed by atoms with Crippen molar-refractivity contribution in [1.82, 2.24) is 19.6 Å². The first-order valence-electron chi connectivity index (χ1n) is 8.15. The molecule has 2 aromatic heterocycles. The van der Waals surface area contributed by atoms with Crippen LogP contribution in [0.5, 0.6) is 5.75 Å². The number of benzene rings is 2. The fraction of sp³-hybridized carbons (Fsp3) is 0.105. The molecule has 26 heavy (non-hydrogen) atoms. The summed E-state index contributed by atoms with van der Waals surface area (Å²) in [4.78, 5) is 21.2. The van der Waals surface area contributed by atoms with Crippen LogP contribution in [0, 0.1) is 0 Å². The molecule has 7 heteroatoms. The number of ether oxygens (including phenoxy) is 1. The Morgan fingerprint density at radius 1 is 1.08 bits per heavy atom. The molecule has 0 aliphatic carbocycles. The highest BCUT2D eigenvalue weighted by Crippen LogP contribution is 2.16. The van der Waals surface area contributed by atoms with Gasteiger partial charge in [-0.05, 0) is 17.7 Å². The number of rotatable bonds is 5. The zero-order chi connectivity index (χ0) is 17.9. The van der Waals surface area contributed by atoms with Crippen molar-refractivity contribution >= 4 is 11.7 Å². The number of fused-ring (bicyclic) bond motifs is 1. The zero-order valence-electron chi connectivity index (χ0n) is 14.1. The quantitative estimate of drug-likeness (QED) is 0.580. The van der Waals surface area contributed by atoms with E-state index >= 15 is 0 Å². The molecular weight excluding hydrogens is 330 g/mol. The first kappa shape index (κ1) is 15.9.